The topological polar surface area (TPSA) is 57.9 Å². The van der Waals surface area contributed by atoms with Gasteiger partial charge in [0.2, 0.25) is 11.5 Å². The Kier molecular flexibility index (Phi) is 4.66. The number of rotatable bonds is 6. The van der Waals surface area contributed by atoms with Gasteiger partial charge in [-0.3, -0.25) is 4.79 Å². The molecule has 0 aliphatic rings. The van der Waals surface area contributed by atoms with Gasteiger partial charge in [0.25, 0.3) is 0 Å². The summed E-state index contributed by atoms with van der Waals surface area (Å²) >= 11 is 0. The quantitative estimate of drug-likeness (QED) is 0.603. The third kappa shape index (κ3) is 3.25. The second kappa shape index (κ2) is 6.65. The molecule has 0 aliphatic carbocycles. The molecule has 0 bridgehead atoms. The lowest BCUT2D eigenvalue weighted by molar-refractivity contribution is 0.102. The summed E-state index contributed by atoms with van der Waals surface area (Å²) in [5, 5.41) is 0. The standard InChI is InChI=1S/C16H16O5/c1-18-14-9-11(10-15(19-2)16(14)20-3)6-7-12(17)13-5-4-8-21-13/h4-10H,1-3H3/b7-6+. The van der Waals surface area contributed by atoms with Crippen LogP contribution in [0.15, 0.2) is 41.0 Å². The number of carbonyl (C=O) groups is 1. The van der Waals surface area contributed by atoms with Crippen molar-refractivity contribution in [1.82, 2.24) is 0 Å². The summed E-state index contributed by atoms with van der Waals surface area (Å²) in [5.41, 5.74) is 0.754. The number of benzene rings is 1. The summed E-state index contributed by atoms with van der Waals surface area (Å²) in [4.78, 5) is 11.8. The molecular formula is C16H16O5. The Labute approximate surface area is 122 Å². The van der Waals surface area contributed by atoms with E-state index in [2.05, 4.69) is 0 Å². The van der Waals surface area contributed by atoms with Gasteiger partial charge in [0.1, 0.15) is 0 Å². The summed E-state index contributed by atoms with van der Waals surface area (Å²) in [6.07, 6.45) is 4.55. The average molecular weight is 288 g/mol. The number of ether oxygens (including phenoxy) is 3. The minimum atomic E-state index is -0.214. The SMILES string of the molecule is COc1cc(/C=C/C(=O)c2ccco2)cc(OC)c1OC. The highest BCUT2D eigenvalue weighted by atomic mass is 16.5. The van der Waals surface area contributed by atoms with Crippen LogP contribution in [0.2, 0.25) is 0 Å². The third-order valence-corrected chi connectivity index (χ3v) is 2.88. The highest BCUT2D eigenvalue weighted by Gasteiger charge is 2.12. The predicted molar refractivity (Wildman–Crippen MR) is 78.2 cm³/mol. The molecule has 2 aromatic rings. The third-order valence-electron chi connectivity index (χ3n) is 2.88. The van der Waals surface area contributed by atoms with Crippen LogP contribution in [-0.4, -0.2) is 27.1 Å². The Hall–Kier alpha value is -2.69. The van der Waals surface area contributed by atoms with E-state index in [-0.39, 0.29) is 5.78 Å². The van der Waals surface area contributed by atoms with Gasteiger partial charge in [-0.05, 0) is 35.9 Å². The minimum Gasteiger partial charge on any atom is -0.493 e. The molecule has 5 heteroatoms. The van der Waals surface area contributed by atoms with Crippen LogP contribution in [0.5, 0.6) is 17.2 Å². The molecule has 0 saturated carbocycles. The van der Waals surface area contributed by atoms with Gasteiger partial charge < -0.3 is 18.6 Å². The van der Waals surface area contributed by atoms with Gasteiger partial charge in [-0.15, -0.1) is 0 Å². The van der Waals surface area contributed by atoms with Crippen LogP contribution in [-0.2, 0) is 0 Å². The van der Waals surface area contributed by atoms with Crippen LogP contribution in [0.3, 0.4) is 0 Å². The predicted octanol–water partition coefficient (Wildman–Crippen LogP) is 3.20. The fraction of sp³-hybridized carbons (Fsp3) is 0.188. The van der Waals surface area contributed by atoms with Crippen LogP contribution in [0, 0.1) is 0 Å². The smallest absolute Gasteiger partial charge is 0.221 e. The van der Waals surface area contributed by atoms with Crippen molar-refractivity contribution in [2.45, 2.75) is 0 Å². The summed E-state index contributed by atoms with van der Waals surface area (Å²) in [5.74, 6) is 1.64. The highest BCUT2D eigenvalue weighted by molar-refractivity contribution is 6.04. The first-order valence-electron chi connectivity index (χ1n) is 6.25. The maximum absolute atomic E-state index is 11.8. The van der Waals surface area contributed by atoms with E-state index >= 15 is 0 Å². The second-order valence-corrected chi connectivity index (χ2v) is 4.13. The largest absolute Gasteiger partial charge is 0.493 e. The van der Waals surface area contributed by atoms with Gasteiger partial charge in [0.05, 0.1) is 27.6 Å². The zero-order valence-corrected chi connectivity index (χ0v) is 12.1. The molecule has 0 spiro atoms. The highest BCUT2D eigenvalue weighted by Crippen LogP contribution is 2.38. The summed E-state index contributed by atoms with van der Waals surface area (Å²) < 4.78 is 20.8. The molecule has 0 amide bonds. The van der Waals surface area contributed by atoms with E-state index in [9.17, 15) is 4.79 Å². The van der Waals surface area contributed by atoms with Gasteiger partial charge in [-0.2, -0.15) is 0 Å². The first kappa shape index (κ1) is 14.7. The lowest BCUT2D eigenvalue weighted by atomic mass is 10.1. The number of hydrogen-bond donors (Lipinski definition) is 0. The van der Waals surface area contributed by atoms with E-state index < -0.39 is 0 Å². The lowest BCUT2D eigenvalue weighted by Crippen LogP contribution is -1.96. The van der Waals surface area contributed by atoms with Crippen LogP contribution in [0.25, 0.3) is 6.08 Å². The Bertz CT molecular complexity index is 616. The minimum absolute atomic E-state index is 0.214. The van der Waals surface area contributed by atoms with Crippen LogP contribution >= 0.6 is 0 Å². The molecule has 0 saturated heterocycles. The molecule has 1 aromatic carbocycles. The number of methoxy groups -OCH3 is 3. The van der Waals surface area contributed by atoms with E-state index in [1.807, 2.05) is 0 Å². The van der Waals surface area contributed by atoms with Crippen molar-refractivity contribution in [1.29, 1.82) is 0 Å². The van der Waals surface area contributed by atoms with Crippen LogP contribution in [0.4, 0.5) is 0 Å². The number of allylic oxidation sites excluding steroid dienone is 1. The van der Waals surface area contributed by atoms with Crippen molar-refractivity contribution in [3.63, 3.8) is 0 Å². The van der Waals surface area contributed by atoms with E-state index in [0.717, 1.165) is 5.56 Å². The van der Waals surface area contributed by atoms with Crippen molar-refractivity contribution in [3.8, 4) is 17.2 Å². The molecule has 0 unspecified atom stereocenters. The second-order valence-electron chi connectivity index (χ2n) is 4.13. The van der Waals surface area contributed by atoms with Crippen molar-refractivity contribution >= 4 is 11.9 Å². The Morgan fingerprint density at radius 1 is 1.10 bits per heavy atom. The molecule has 0 aliphatic heterocycles. The molecule has 5 nitrogen and oxygen atoms in total. The van der Waals surface area contributed by atoms with Gasteiger partial charge >= 0.3 is 0 Å². The fourth-order valence-corrected chi connectivity index (χ4v) is 1.87. The van der Waals surface area contributed by atoms with Gasteiger partial charge in [-0.25, -0.2) is 0 Å². The van der Waals surface area contributed by atoms with E-state index in [1.165, 1.54) is 19.4 Å². The van der Waals surface area contributed by atoms with E-state index in [4.69, 9.17) is 18.6 Å². The molecule has 0 N–H and O–H groups in total. The Morgan fingerprint density at radius 3 is 2.24 bits per heavy atom. The van der Waals surface area contributed by atoms with Gasteiger partial charge in [0.15, 0.2) is 17.3 Å². The molecule has 0 fully saturated rings. The molecule has 2 rings (SSSR count). The summed E-state index contributed by atoms with van der Waals surface area (Å²) in [6.45, 7) is 0. The summed E-state index contributed by atoms with van der Waals surface area (Å²) in [6, 6.07) is 6.79. The molecule has 21 heavy (non-hydrogen) atoms. The first-order chi connectivity index (χ1) is 10.2. The fourth-order valence-electron chi connectivity index (χ4n) is 1.87. The number of ketones is 1. The number of hydrogen-bond acceptors (Lipinski definition) is 5. The van der Waals surface area contributed by atoms with Crippen molar-refractivity contribution in [2.75, 3.05) is 21.3 Å². The molecule has 110 valence electrons. The van der Waals surface area contributed by atoms with E-state index in [0.29, 0.717) is 23.0 Å². The molecule has 0 atom stereocenters. The first-order valence-corrected chi connectivity index (χ1v) is 6.25. The molecular weight excluding hydrogens is 272 g/mol. The number of carbonyl (C=O) groups excluding carboxylic acids is 1. The maximum atomic E-state index is 11.8. The average Bonchev–Trinajstić information content (AvgIpc) is 3.05. The Balaban J connectivity index is 2.30. The molecule has 1 aromatic heterocycles. The van der Waals surface area contributed by atoms with E-state index in [1.54, 1.807) is 44.6 Å². The Morgan fingerprint density at radius 2 is 1.76 bits per heavy atom. The maximum Gasteiger partial charge on any atom is 0.221 e. The van der Waals surface area contributed by atoms with Crippen molar-refractivity contribution in [3.05, 3.63) is 47.9 Å². The van der Waals surface area contributed by atoms with Crippen molar-refractivity contribution < 1.29 is 23.4 Å². The zero-order valence-electron chi connectivity index (χ0n) is 12.1. The zero-order chi connectivity index (χ0) is 15.2. The van der Waals surface area contributed by atoms with Gasteiger partial charge in [-0.1, -0.05) is 6.08 Å². The summed E-state index contributed by atoms with van der Waals surface area (Å²) in [7, 11) is 4.62. The molecule has 0 radical (unpaired) electrons. The number of furan rings is 1. The van der Waals surface area contributed by atoms with Crippen LogP contribution < -0.4 is 14.2 Å². The monoisotopic (exact) mass is 288 g/mol. The van der Waals surface area contributed by atoms with Crippen molar-refractivity contribution in [2.24, 2.45) is 0 Å². The lowest BCUT2D eigenvalue weighted by Gasteiger charge is -2.12. The molecule has 1 heterocycles. The van der Waals surface area contributed by atoms with Crippen LogP contribution in [0.1, 0.15) is 16.1 Å². The van der Waals surface area contributed by atoms with Gasteiger partial charge in [0, 0.05) is 0 Å². The normalized spacial score (nSPS) is 10.6.